The monoisotopic (exact) mass is 275 g/mol. The first-order chi connectivity index (χ1) is 9.11. The van der Waals surface area contributed by atoms with Crippen LogP contribution in [-0.2, 0) is 5.75 Å². The molecule has 1 heterocycles. The summed E-state index contributed by atoms with van der Waals surface area (Å²) in [6.45, 7) is 3.95. The van der Waals surface area contributed by atoms with Crippen molar-refractivity contribution in [1.29, 1.82) is 0 Å². The standard InChI is InChI=1S/C15H17NO2S/c1-10(2)18-14-6-4-3-5-12(14)13-8-7-11(9-19)15(17)16-13/h3-8,10,19H,9H2,1-2H3,(H,16,17). The zero-order valence-electron chi connectivity index (χ0n) is 11.0. The molecule has 2 rings (SSSR count). The van der Waals surface area contributed by atoms with Gasteiger partial charge in [-0.3, -0.25) is 4.79 Å². The molecule has 2 aromatic rings. The molecule has 0 aliphatic rings. The van der Waals surface area contributed by atoms with Crippen LogP contribution in [0.15, 0.2) is 41.2 Å². The molecule has 1 aromatic heterocycles. The van der Waals surface area contributed by atoms with Crippen molar-refractivity contribution in [3.8, 4) is 17.0 Å². The van der Waals surface area contributed by atoms with Crippen LogP contribution in [0.25, 0.3) is 11.3 Å². The van der Waals surface area contributed by atoms with Gasteiger partial charge in [-0.05, 0) is 32.0 Å². The number of aromatic nitrogens is 1. The lowest BCUT2D eigenvalue weighted by Gasteiger charge is -2.14. The summed E-state index contributed by atoms with van der Waals surface area (Å²) in [5.41, 5.74) is 2.20. The van der Waals surface area contributed by atoms with Gasteiger partial charge in [0, 0.05) is 16.9 Å². The topological polar surface area (TPSA) is 42.1 Å². The van der Waals surface area contributed by atoms with Gasteiger partial charge in [0.2, 0.25) is 0 Å². The third-order valence-electron chi connectivity index (χ3n) is 2.70. The predicted molar refractivity (Wildman–Crippen MR) is 81.0 cm³/mol. The normalized spacial score (nSPS) is 10.7. The molecular formula is C15H17NO2S. The van der Waals surface area contributed by atoms with Gasteiger partial charge in [-0.25, -0.2) is 0 Å². The molecule has 4 heteroatoms. The Labute approximate surface area is 118 Å². The maximum atomic E-state index is 11.8. The van der Waals surface area contributed by atoms with E-state index >= 15 is 0 Å². The molecule has 1 aromatic carbocycles. The minimum atomic E-state index is -0.105. The second-order valence-electron chi connectivity index (χ2n) is 4.55. The summed E-state index contributed by atoms with van der Waals surface area (Å²) < 4.78 is 5.76. The maximum absolute atomic E-state index is 11.8. The van der Waals surface area contributed by atoms with Gasteiger partial charge < -0.3 is 9.72 Å². The van der Waals surface area contributed by atoms with Crippen LogP contribution in [0.3, 0.4) is 0 Å². The smallest absolute Gasteiger partial charge is 0.252 e. The minimum absolute atomic E-state index is 0.0876. The van der Waals surface area contributed by atoms with Crippen LogP contribution in [0.2, 0.25) is 0 Å². The molecule has 0 amide bonds. The van der Waals surface area contributed by atoms with Crippen LogP contribution in [-0.4, -0.2) is 11.1 Å². The van der Waals surface area contributed by atoms with Crippen molar-refractivity contribution in [1.82, 2.24) is 4.98 Å². The molecule has 3 nitrogen and oxygen atoms in total. The fraction of sp³-hybridized carbons (Fsp3) is 0.267. The van der Waals surface area contributed by atoms with Crippen molar-refractivity contribution in [2.24, 2.45) is 0 Å². The number of benzene rings is 1. The quantitative estimate of drug-likeness (QED) is 0.841. The van der Waals surface area contributed by atoms with Gasteiger partial charge in [-0.2, -0.15) is 12.6 Å². The number of para-hydroxylation sites is 1. The highest BCUT2D eigenvalue weighted by Gasteiger charge is 2.09. The Morgan fingerprint density at radius 1 is 1.21 bits per heavy atom. The van der Waals surface area contributed by atoms with Crippen molar-refractivity contribution < 1.29 is 4.74 Å². The third-order valence-corrected chi connectivity index (χ3v) is 3.04. The number of hydrogen-bond acceptors (Lipinski definition) is 3. The van der Waals surface area contributed by atoms with E-state index in [-0.39, 0.29) is 11.7 Å². The highest BCUT2D eigenvalue weighted by Crippen LogP contribution is 2.28. The predicted octanol–water partition coefficient (Wildman–Crippen LogP) is 3.26. The SMILES string of the molecule is CC(C)Oc1ccccc1-c1ccc(CS)c(=O)[nH]1. The van der Waals surface area contributed by atoms with Crippen molar-refractivity contribution in [3.63, 3.8) is 0 Å². The number of aromatic amines is 1. The van der Waals surface area contributed by atoms with E-state index in [0.717, 1.165) is 17.0 Å². The number of ether oxygens (including phenoxy) is 1. The lowest BCUT2D eigenvalue weighted by molar-refractivity contribution is 0.243. The van der Waals surface area contributed by atoms with Gasteiger partial charge in [-0.1, -0.05) is 18.2 Å². The number of nitrogens with one attached hydrogen (secondary N) is 1. The second kappa shape index (κ2) is 5.97. The highest BCUT2D eigenvalue weighted by molar-refractivity contribution is 7.79. The first-order valence-electron chi connectivity index (χ1n) is 6.21. The van der Waals surface area contributed by atoms with Crippen molar-refractivity contribution in [2.75, 3.05) is 0 Å². The van der Waals surface area contributed by atoms with E-state index in [1.807, 2.05) is 44.2 Å². The Morgan fingerprint density at radius 3 is 2.58 bits per heavy atom. The summed E-state index contributed by atoms with van der Waals surface area (Å²) >= 11 is 4.12. The van der Waals surface area contributed by atoms with Gasteiger partial charge in [0.1, 0.15) is 5.75 Å². The summed E-state index contributed by atoms with van der Waals surface area (Å²) in [5, 5.41) is 0. The molecule has 0 bridgehead atoms. The molecule has 0 aliphatic carbocycles. The van der Waals surface area contributed by atoms with Gasteiger partial charge in [0.25, 0.3) is 5.56 Å². The van der Waals surface area contributed by atoms with Gasteiger partial charge in [0.05, 0.1) is 11.8 Å². The molecular weight excluding hydrogens is 258 g/mol. The number of thiol groups is 1. The van der Waals surface area contributed by atoms with E-state index in [1.165, 1.54) is 0 Å². The molecule has 100 valence electrons. The van der Waals surface area contributed by atoms with E-state index in [9.17, 15) is 4.79 Å². The Bertz CT molecular complexity index is 620. The van der Waals surface area contributed by atoms with E-state index in [4.69, 9.17) is 4.74 Å². The van der Waals surface area contributed by atoms with E-state index in [0.29, 0.717) is 11.3 Å². The average Bonchev–Trinajstić information content (AvgIpc) is 2.38. The van der Waals surface area contributed by atoms with Gasteiger partial charge >= 0.3 is 0 Å². The lowest BCUT2D eigenvalue weighted by Crippen LogP contribution is -2.12. The van der Waals surface area contributed by atoms with Gasteiger partial charge in [-0.15, -0.1) is 0 Å². The van der Waals surface area contributed by atoms with Crippen LogP contribution in [0.5, 0.6) is 5.75 Å². The molecule has 0 atom stereocenters. The van der Waals surface area contributed by atoms with Crippen LogP contribution in [0.1, 0.15) is 19.4 Å². The molecule has 1 N–H and O–H groups in total. The molecule has 19 heavy (non-hydrogen) atoms. The zero-order chi connectivity index (χ0) is 13.8. The first-order valence-corrected chi connectivity index (χ1v) is 6.84. The van der Waals surface area contributed by atoms with Gasteiger partial charge in [0.15, 0.2) is 0 Å². The lowest BCUT2D eigenvalue weighted by atomic mass is 10.1. The summed E-state index contributed by atoms with van der Waals surface area (Å²) in [6.07, 6.45) is 0.0876. The fourth-order valence-electron chi connectivity index (χ4n) is 1.83. The summed E-state index contributed by atoms with van der Waals surface area (Å²) in [7, 11) is 0. The van der Waals surface area contributed by atoms with Crippen molar-refractivity contribution in [2.45, 2.75) is 25.7 Å². The Kier molecular flexibility index (Phi) is 4.32. The number of pyridine rings is 1. The Morgan fingerprint density at radius 2 is 1.95 bits per heavy atom. The fourth-order valence-corrected chi connectivity index (χ4v) is 2.08. The number of hydrogen-bond donors (Lipinski definition) is 2. The summed E-state index contributed by atoms with van der Waals surface area (Å²) in [5.74, 6) is 1.20. The molecule has 0 aliphatic heterocycles. The van der Waals surface area contributed by atoms with E-state index < -0.39 is 0 Å². The highest BCUT2D eigenvalue weighted by atomic mass is 32.1. The Balaban J connectivity index is 2.47. The summed E-state index contributed by atoms with van der Waals surface area (Å²) in [4.78, 5) is 14.7. The third kappa shape index (κ3) is 3.20. The van der Waals surface area contributed by atoms with Crippen LogP contribution >= 0.6 is 12.6 Å². The van der Waals surface area contributed by atoms with E-state index in [1.54, 1.807) is 6.07 Å². The molecule has 0 radical (unpaired) electrons. The van der Waals surface area contributed by atoms with Crippen LogP contribution in [0, 0.1) is 0 Å². The minimum Gasteiger partial charge on any atom is -0.490 e. The number of H-pyrrole nitrogens is 1. The van der Waals surface area contributed by atoms with Crippen molar-refractivity contribution in [3.05, 3.63) is 52.3 Å². The average molecular weight is 275 g/mol. The molecule has 0 unspecified atom stereocenters. The zero-order valence-corrected chi connectivity index (χ0v) is 11.9. The Hall–Kier alpha value is -1.68. The number of rotatable bonds is 4. The first kappa shape index (κ1) is 13.7. The summed E-state index contributed by atoms with van der Waals surface area (Å²) in [6, 6.07) is 11.4. The van der Waals surface area contributed by atoms with Crippen LogP contribution in [0.4, 0.5) is 0 Å². The largest absolute Gasteiger partial charge is 0.490 e. The van der Waals surface area contributed by atoms with E-state index in [2.05, 4.69) is 17.6 Å². The molecule has 0 saturated heterocycles. The second-order valence-corrected chi connectivity index (χ2v) is 4.86. The molecule has 0 saturated carbocycles. The molecule has 0 fully saturated rings. The molecule has 0 spiro atoms. The van der Waals surface area contributed by atoms with Crippen LogP contribution < -0.4 is 10.3 Å². The van der Waals surface area contributed by atoms with Crippen molar-refractivity contribution >= 4 is 12.6 Å². The maximum Gasteiger partial charge on any atom is 0.252 e.